The van der Waals surface area contributed by atoms with Crippen LogP contribution in [0.2, 0.25) is 0 Å². The van der Waals surface area contributed by atoms with E-state index in [1.54, 1.807) is 0 Å². The summed E-state index contributed by atoms with van der Waals surface area (Å²) < 4.78 is 2.36. The lowest BCUT2D eigenvalue weighted by molar-refractivity contribution is 0.467. The van der Waals surface area contributed by atoms with E-state index < -0.39 is 0 Å². The molecule has 1 aliphatic rings. The van der Waals surface area contributed by atoms with Crippen molar-refractivity contribution in [1.82, 2.24) is 9.88 Å². The van der Waals surface area contributed by atoms with Crippen molar-refractivity contribution in [1.29, 1.82) is 0 Å². The Morgan fingerprint density at radius 3 is 2.65 bits per heavy atom. The van der Waals surface area contributed by atoms with Crippen molar-refractivity contribution in [2.45, 2.75) is 45.3 Å². The fraction of sp³-hybridized carbons (Fsp3) is 0.444. The molecule has 1 aliphatic carbocycles. The molecule has 3 rings (SSSR count). The number of benzene rings is 1. The summed E-state index contributed by atoms with van der Waals surface area (Å²) in [5.74, 6) is 0.826. The minimum absolute atomic E-state index is 0.515. The molecule has 20 heavy (non-hydrogen) atoms. The van der Waals surface area contributed by atoms with Gasteiger partial charge in [-0.3, -0.25) is 0 Å². The molecular formula is C18H24N2. The zero-order chi connectivity index (χ0) is 13.8. The Bertz CT molecular complexity index is 525. The second-order valence-electron chi connectivity index (χ2n) is 5.80. The molecule has 1 atom stereocenters. The van der Waals surface area contributed by atoms with Gasteiger partial charge in [0.25, 0.3) is 0 Å². The van der Waals surface area contributed by atoms with Gasteiger partial charge in [-0.1, -0.05) is 37.3 Å². The number of rotatable bonds is 7. The van der Waals surface area contributed by atoms with Gasteiger partial charge in [0, 0.05) is 31.0 Å². The van der Waals surface area contributed by atoms with Gasteiger partial charge in [0.2, 0.25) is 0 Å². The van der Waals surface area contributed by atoms with Crippen LogP contribution < -0.4 is 5.32 Å². The number of aryl methyl sites for hydroxylation is 1. The third kappa shape index (κ3) is 3.13. The highest BCUT2D eigenvalue weighted by molar-refractivity contribution is 5.21. The molecule has 0 bridgehead atoms. The largest absolute Gasteiger partial charge is 0.350 e. The van der Waals surface area contributed by atoms with Crippen molar-refractivity contribution >= 4 is 0 Å². The highest BCUT2D eigenvalue weighted by Crippen LogP contribution is 2.41. The minimum atomic E-state index is 0.515. The number of hydrogen-bond donors (Lipinski definition) is 1. The predicted octanol–water partition coefficient (Wildman–Crippen LogP) is 4.14. The minimum Gasteiger partial charge on any atom is -0.350 e. The molecule has 1 unspecified atom stereocenters. The van der Waals surface area contributed by atoms with E-state index in [9.17, 15) is 0 Å². The molecule has 1 saturated carbocycles. The van der Waals surface area contributed by atoms with Crippen molar-refractivity contribution in [3.05, 3.63) is 59.9 Å². The Hall–Kier alpha value is -1.54. The van der Waals surface area contributed by atoms with E-state index >= 15 is 0 Å². The summed E-state index contributed by atoms with van der Waals surface area (Å²) >= 11 is 0. The molecule has 1 N–H and O–H groups in total. The van der Waals surface area contributed by atoms with Crippen molar-refractivity contribution < 1.29 is 0 Å². The average molecular weight is 268 g/mol. The molecule has 2 aromatic rings. The van der Waals surface area contributed by atoms with Crippen molar-refractivity contribution in [3.63, 3.8) is 0 Å². The lowest BCUT2D eigenvalue weighted by Gasteiger charge is -2.19. The smallest absolute Gasteiger partial charge is 0.0364 e. The Kier molecular flexibility index (Phi) is 4.22. The van der Waals surface area contributed by atoms with Crippen LogP contribution in [0.4, 0.5) is 0 Å². The van der Waals surface area contributed by atoms with E-state index in [0.29, 0.717) is 6.04 Å². The van der Waals surface area contributed by atoms with Gasteiger partial charge >= 0.3 is 0 Å². The molecule has 1 fully saturated rings. The van der Waals surface area contributed by atoms with Crippen LogP contribution in [0.3, 0.4) is 0 Å². The van der Waals surface area contributed by atoms with E-state index in [2.05, 4.69) is 65.5 Å². The zero-order valence-corrected chi connectivity index (χ0v) is 12.3. The van der Waals surface area contributed by atoms with E-state index in [1.807, 2.05) is 0 Å². The average Bonchev–Trinajstić information content (AvgIpc) is 3.22. The first kappa shape index (κ1) is 13.4. The Balaban J connectivity index is 1.67. The number of hydrogen-bond acceptors (Lipinski definition) is 1. The van der Waals surface area contributed by atoms with Gasteiger partial charge in [-0.25, -0.2) is 0 Å². The van der Waals surface area contributed by atoms with Crippen LogP contribution in [0.5, 0.6) is 0 Å². The lowest BCUT2D eigenvalue weighted by Crippen LogP contribution is -2.24. The summed E-state index contributed by atoms with van der Waals surface area (Å²) in [6.45, 7) is 4.31. The molecule has 0 amide bonds. The number of nitrogens with zero attached hydrogens (tertiary/aromatic N) is 1. The molecule has 0 radical (unpaired) electrons. The van der Waals surface area contributed by atoms with Crippen molar-refractivity contribution in [2.75, 3.05) is 0 Å². The van der Waals surface area contributed by atoms with Crippen LogP contribution in [0.15, 0.2) is 48.7 Å². The molecule has 2 nitrogen and oxygen atoms in total. The zero-order valence-electron chi connectivity index (χ0n) is 12.3. The van der Waals surface area contributed by atoms with Gasteiger partial charge in [0.05, 0.1) is 0 Å². The Morgan fingerprint density at radius 2 is 1.95 bits per heavy atom. The molecule has 0 saturated heterocycles. The summed E-state index contributed by atoms with van der Waals surface area (Å²) in [5, 5.41) is 3.78. The maximum absolute atomic E-state index is 3.78. The summed E-state index contributed by atoms with van der Waals surface area (Å²) in [6.07, 6.45) is 6.10. The van der Waals surface area contributed by atoms with E-state index in [4.69, 9.17) is 0 Å². The van der Waals surface area contributed by atoms with Crippen molar-refractivity contribution in [2.24, 2.45) is 5.92 Å². The summed E-state index contributed by atoms with van der Waals surface area (Å²) in [7, 11) is 0. The second-order valence-corrected chi connectivity index (χ2v) is 5.80. The second kappa shape index (κ2) is 6.27. The first-order valence-electron chi connectivity index (χ1n) is 7.81. The molecule has 0 aliphatic heterocycles. The monoisotopic (exact) mass is 268 g/mol. The lowest BCUT2D eigenvalue weighted by atomic mass is 10.0. The Labute approximate surface area is 121 Å². The topological polar surface area (TPSA) is 17.0 Å². The van der Waals surface area contributed by atoms with Crippen LogP contribution >= 0.6 is 0 Å². The first-order valence-corrected chi connectivity index (χ1v) is 7.81. The standard InChI is InChI=1S/C18H24N2/c1-2-12-20-13-6-9-17(20)14-19-18(16-10-11-16)15-7-4-3-5-8-15/h3-9,13,16,18-19H,2,10-12,14H2,1H3. The molecule has 1 heterocycles. The number of aromatic nitrogens is 1. The van der Waals surface area contributed by atoms with E-state index in [-0.39, 0.29) is 0 Å². The highest BCUT2D eigenvalue weighted by Gasteiger charge is 2.31. The van der Waals surface area contributed by atoms with Crippen LogP contribution in [-0.2, 0) is 13.1 Å². The molecule has 1 aromatic heterocycles. The van der Waals surface area contributed by atoms with Gasteiger partial charge < -0.3 is 9.88 Å². The molecular weight excluding hydrogens is 244 g/mol. The Morgan fingerprint density at radius 1 is 1.15 bits per heavy atom. The maximum atomic E-state index is 3.78. The third-order valence-corrected chi connectivity index (χ3v) is 4.14. The van der Waals surface area contributed by atoms with Crippen LogP contribution in [0, 0.1) is 5.92 Å². The molecule has 106 valence electrons. The highest BCUT2D eigenvalue weighted by atomic mass is 15.0. The first-order chi connectivity index (χ1) is 9.88. The SMILES string of the molecule is CCCn1cccc1CNC(c1ccccc1)C1CC1. The molecule has 1 aromatic carbocycles. The quantitative estimate of drug-likeness (QED) is 0.798. The summed E-state index contributed by atoms with van der Waals surface area (Å²) in [5.41, 5.74) is 2.83. The molecule has 0 spiro atoms. The van der Waals surface area contributed by atoms with Crippen molar-refractivity contribution in [3.8, 4) is 0 Å². The fourth-order valence-corrected chi connectivity index (χ4v) is 2.93. The summed E-state index contributed by atoms with van der Waals surface area (Å²) in [6, 6.07) is 15.8. The van der Waals surface area contributed by atoms with E-state index in [1.165, 1.54) is 30.5 Å². The van der Waals surface area contributed by atoms with Crippen LogP contribution in [0.1, 0.15) is 43.5 Å². The summed E-state index contributed by atoms with van der Waals surface area (Å²) in [4.78, 5) is 0. The van der Waals surface area contributed by atoms with Crippen LogP contribution in [0.25, 0.3) is 0 Å². The van der Waals surface area contributed by atoms with Crippen LogP contribution in [-0.4, -0.2) is 4.57 Å². The normalized spacial score (nSPS) is 16.2. The van der Waals surface area contributed by atoms with Gasteiger partial charge in [-0.15, -0.1) is 0 Å². The van der Waals surface area contributed by atoms with Gasteiger partial charge in [-0.2, -0.15) is 0 Å². The van der Waals surface area contributed by atoms with E-state index in [0.717, 1.165) is 19.0 Å². The third-order valence-electron chi connectivity index (χ3n) is 4.14. The number of nitrogens with one attached hydrogen (secondary N) is 1. The molecule has 2 heteroatoms. The fourth-order valence-electron chi connectivity index (χ4n) is 2.93. The maximum Gasteiger partial charge on any atom is 0.0364 e. The van der Waals surface area contributed by atoms with Gasteiger partial charge in [-0.05, 0) is 42.9 Å². The predicted molar refractivity (Wildman–Crippen MR) is 83.5 cm³/mol. The van der Waals surface area contributed by atoms with Gasteiger partial charge in [0.1, 0.15) is 0 Å². The van der Waals surface area contributed by atoms with Gasteiger partial charge in [0.15, 0.2) is 0 Å².